The van der Waals surface area contributed by atoms with Crippen molar-refractivity contribution >= 4 is 12.2 Å². The number of hydrogen-bond donors (Lipinski definition) is 1. The van der Waals surface area contributed by atoms with Crippen LogP contribution in [0.5, 0.6) is 0 Å². The summed E-state index contributed by atoms with van der Waals surface area (Å²) in [7, 11) is 2.20. The highest BCUT2D eigenvalue weighted by Crippen LogP contribution is 2.21. The molecule has 2 aromatic rings. The number of benzene rings is 1. The summed E-state index contributed by atoms with van der Waals surface area (Å²) in [6, 6.07) is 10.8. The van der Waals surface area contributed by atoms with Gasteiger partial charge in [0.25, 0.3) is 0 Å². The van der Waals surface area contributed by atoms with Crippen molar-refractivity contribution in [3.05, 3.63) is 35.1 Å². The van der Waals surface area contributed by atoms with Crippen LogP contribution in [0.4, 0.5) is 0 Å². The Bertz CT molecular complexity index is 616. The number of aromatic nitrogens is 3. The van der Waals surface area contributed by atoms with Crippen LogP contribution in [0.25, 0.3) is 11.4 Å². The van der Waals surface area contributed by atoms with Gasteiger partial charge in [-0.2, -0.15) is 5.10 Å². The molecule has 0 bridgehead atoms. The first-order valence-corrected chi connectivity index (χ1v) is 7.57. The van der Waals surface area contributed by atoms with E-state index in [9.17, 15) is 0 Å². The number of H-pyrrole nitrogens is 1. The second-order valence-electron chi connectivity index (χ2n) is 5.46. The molecule has 1 aromatic carbocycles. The van der Waals surface area contributed by atoms with Crippen LogP contribution in [0.15, 0.2) is 30.3 Å². The molecule has 3 rings (SSSR count). The molecule has 1 aromatic heterocycles. The molecule has 20 heavy (non-hydrogen) atoms. The van der Waals surface area contributed by atoms with E-state index in [0.717, 1.165) is 17.9 Å². The van der Waals surface area contributed by atoms with E-state index in [2.05, 4.69) is 38.8 Å². The standard InChI is InChI=1S/C15H20N4S/c1-18-10-6-5-9-13(18)11-19-14(16-17-15(19)20)12-7-3-2-4-8-12/h2-4,7-8,13H,5-6,9-11H2,1H3,(H,17,20). The summed E-state index contributed by atoms with van der Waals surface area (Å²) < 4.78 is 2.85. The Morgan fingerprint density at radius 1 is 1.30 bits per heavy atom. The molecular formula is C15H20N4S. The maximum Gasteiger partial charge on any atom is 0.195 e. The summed E-state index contributed by atoms with van der Waals surface area (Å²) in [5.74, 6) is 0.939. The smallest absolute Gasteiger partial charge is 0.195 e. The molecule has 1 atom stereocenters. The highest BCUT2D eigenvalue weighted by molar-refractivity contribution is 7.71. The number of aromatic amines is 1. The maximum absolute atomic E-state index is 5.41. The van der Waals surface area contributed by atoms with Gasteiger partial charge in [-0.25, -0.2) is 0 Å². The Balaban J connectivity index is 1.90. The lowest BCUT2D eigenvalue weighted by Gasteiger charge is -2.32. The number of hydrogen-bond acceptors (Lipinski definition) is 3. The summed E-state index contributed by atoms with van der Waals surface area (Å²) in [6.45, 7) is 2.09. The third kappa shape index (κ3) is 2.69. The van der Waals surface area contributed by atoms with Crippen molar-refractivity contribution in [3.63, 3.8) is 0 Å². The van der Waals surface area contributed by atoms with Gasteiger partial charge < -0.3 is 4.90 Å². The SMILES string of the molecule is CN1CCCCC1Cn1c(-c2ccccc2)n[nH]c1=S. The summed E-state index contributed by atoms with van der Waals surface area (Å²) >= 11 is 5.41. The highest BCUT2D eigenvalue weighted by Gasteiger charge is 2.21. The zero-order valence-corrected chi connectivity index (χ0v) is 12.6. The van der Waals surface area contributed by atoms with Gasteiger partial charge in [0, 0.05) is 18.2 Å². The van der Waals surface area contributed by atoms with E-state index in [0.29, 0.717) is 10.8 Å². The van der Waals surface area contributed by atoms with E-state index in [1.807, 2.05) is 18.2 Å². The van der Waals surface area contributed by atoms with Crippen LogP contribution >= 0.6 is 12.2 Å². The van der Waals surface area contributed by atoms with Gasteiger partial charge in [0.1, 0.15) is 0 Å². The van der Waals surface area contributed by atoms with Crippen LogP contribution < -0.4 is 0 Å². The number of piperidine rings is 1. The van der Waals surface area contributed by atoms with Crippen LogP contribution in [0.2, 0.25) is 0 Å². The lowest BCUT2D eigenvalue weighted by Crippen LogP contribution is -2.39. The van der Waals surface area contributed by atoms with Crippen molar-refractivity contribution in [1.82, 2.24) is 19.7 Å². The normalized spacial score (nSPS) is 20.1. The summed E-state index contributed by atoms with van der Waals surface area (Å²) in [5.41, 5.74) is 1.11. The molecule has 4 nitrogen and oxygen atoms in total. The van der Waals surface area contributed by atoms with E-state index < -0.39 is 0 Å². The van der Waals surface area contributed by atoms with Gasteiger partial charge in [-0.1, -0.05) is 36.8 Å². The van der Waals surface area contributed by atoms with Crippen LogP contribution in [0, 0.1) is 4.77 Å². The van der Waals surface area contributed by atoms with Gasteiger partial charge in [0.2, 0.25) is 0 Å². The van der Waals surface area contributed by atoms with Gasteiger partial charge in [-0.05, 0) is 38.7 Å². The minimum Gasteiger partial charge on any atom is -0.302 e. The number of rotatable bonds is 3. The molecule has 0 spiro atoms. The van der Waals surface area contributed by atoms with Crippen molar-refractivity contribution in [2.45, 2.75) is 31.8 Å². The lowest BCUT2D eigenvalue weighted by molar-refractivity contribution is 0.167. The Labute approximate surface area is 124 Å². The fraction of sp³-hybridized carbons (Fsp3) is 0.467. The zero-order valence-electron chi connectivity index (χ0n) is 11.7. The van der Waals surface area contributed by atoms with Crippen molar-refractivity contribution in [3.8, 4) is 11.4 Å². The minimum absolute atomic E-state index is 0.551. The Morgan fingerprint density at radius 3 is 2.85 bits per heavy atom. The topological polar surface area (TPSA) is 36.9 Å². The van der Waals surface area contributed by atoms with Crippen molar-refractivity contribution in [2.75, 3.05) is 13.6 Å². The van der Waals surface area contributed by atoms with E-state index in [1.165, 1.54) is 25.8 Å². The van der Waals surface area contributed by atoms with Crippen LogP contribution in [-0.4, -0.2) is 39.3 Å². The van der Waals surface area contributed by atoms with E-state index >= 15 is 0 Å². The molecule has 1 aliphatic heterocycles. The Kier molecular flexibility index (Phi) is 3.98. The Hall–Kier alpha value is -1.46. The molecule has 1 N–H and O–H groups in total. The average Bonchev–Trinajstić information content (AvgIpc) is 2.84. The first-order valence-electron chi connectivity index (χ1n) is 7.16. The molecule has 0 saturated carbocycles. The number of nitrogens with zero attached hydrogens (tertiary/aromatic N) is 3. The minimum atomic E-state index is 0.551. The molecule has 0 aliphatic carbocycles. The van der Waals surface area contributed by atoms with Crippen molar-refractivity contribution in [1.29, 1.82) is 0 Å². The molecular weight excluding hydrogens is 268 g/mol. The summed E-state index contributed by atoms with van der Waals surface area (Å²) in [5, 5.41) is 7.34. The maximum atomic E-state index is 5.41. The Morgan fingerprint density at radius 2 is 2.10 bits per heavy atom. The molecule has 106 valence electrons. The molecule has 1 aliphatic rings. The van der Waals surface area contributed by atoms with Crippen molar-refractivity contribution in [2.24, 2.45) is 0 Å². The second-order valence-corrected chi connectivity index (χ2v) is 5.85. The number of likely N-dealkylation sites (tertiary alicyclic amines) is 1. The van der Waals surface area contributed by atoms with E-state index in [1.54, 1.807) is 0 Å². The lowest BCUT2D eigenvalue weighted by atomic mass is 10.0. The van der Waals surface area contributed by atoms with E-state index in [4.69, 9.17) is 12.2 Å². The molecule has 5 heteroatoms. The predicted octanol–water partition coefficient (Wildman–Crippen LogP) is 3.09. The molecule has 1 saturated heterocycles. The van der Waals surface area contributed by atoms with Gasteiger partial charge in [0.05, 0.1) is 0 Å². The molecule has 0 radical (unpaired) electrons. The fourth-order valence-electron chi connectivity index (χ4n) is 2.88. The first-order chi connectivity index (χ1) is 9.75. The monoisotopic (exact) mass is 288 g/mol. The van der Waals surface area contributed by atoms with Crippen LogP contribution in [-0.2, 0) is 6.54 Å². The average molecular weight is 288 g/mol. The largest absolute Gasteiger partial charge is 0.302 e. The van der Waals surface area contributed by atoms with Gasteiger partial charge in [-0.15, -0.1) is 0 Å². The summed E-state index contributed by atoms with van der Waals surface area (Å²) in [6.07, 6.45) is 3.84. The first kappa shape index (κ1) is 13.5. The number of nitrogens with one attached hydrogen (secondary N) is 1. The van der Waals surface area contributed by atoms with Gasteiger partial charge >= 0.3 is 0 Å². The molecule has 1 unspecified atom stereocenters. The van der Waals surface area contributed by atoms with Crippen LogP contribution in [0.1, 0.15) is 19.3 Å². The molecule has 0 amide bonds. The molecule has 1 fully saturated rings. The van der Waals surface area contributed by atoms with Crippen LogP contribution in [0.3, 0.4) is 0 Å². The second kappa shape index (κ2) is 5.89. The third-order valence-corrected chi connectivity index (χ3v) is 4.42. The fourth-order valence-corrected chi connectivity index (χ4v) is 3.09. The molecule has 2 heterocycles. The third-order valence-electron chi connectivity index (χ3n) is 4.11. The quantitative estimate of drug-likeness (QED) is 0.882. The van der Waals surface area contributed by atoms with Crippen molar-refractivity contribution < 1.29 is 0 Å². The highest BCUT2D eigenvalue weighted by atomic mass is 32.1. The zero-order chi connectivity index (χ0) is 13.9. The number of likely N-dealkylation sites (N-methyl/N-ethyl adjacent to an activating group) is 1. The summed E-state index contributed by atoms with van der Waals surface area (Å²) in [4.78, 5) is 2.44. The van der Waals surface area contributed by atoms with Gasteiger partial charge in [-0.3, -0.25) is 9.67 Å². The van der Waals surface area contributed by atoms with Gasteiger partial charge in [0.15, 0.2) is 10.6 Å². The van der Waals surface area contributed by atoms with E-state index in [-0.39, 0.29) is 0 Å². The predicted molar refractivity (Wildman–Crippen MR) is 83.1 cm³/mol.